The molecule has 0 aromatic carbocycles. The summed E-state index contributed by atoms with van der Waals surface area (Å²) in [6.07, 6.45) is 6.83. The zero-order valence-electron chi connectivity index (χ0n) is 16.0. The molecule has 0 spiro atoms. The number of nitrogens with one attached hydrogen (secondary N) is 1. The maximum Gasteiger partial charge on any atom is 0.270 e. The second-order valence-corrected chi connectivity index (χ2v) is 8.49. The summed E-state index contributed by atoms with van der Waals surface area (Å²) < 4.78 is 1.10. The molecule has 146 valence electrons. The van der Waals surface area contributed by atoms with E-state index in [9.17, 15) is 9.90 Å². The van der Waals surface area contributed by atoms with Crippen molar-refractivity contribution < 1.29 is 9.90 Å². The normalized spacial score (nSPS) is 20.1. The number of aliphatic hydroxyl groups is 1. The van der Waals surface area contributed by atoms with E-state index in [-0.39, 0.29) is 11.9 Å². The molecule has 6 heteroatoms. The van der Waals surface area contributed by atoms with Crippen molar-refractivity contribution in [3.8, 4) is 0 Å². The van der Waals surface area contributed by atoms with Gasteiger partial charge in [-0.2, -0.15) is 0 Å². The van der Waals surface area contributed by atoms with Crippen molar-refractivity contribution in [2.75, 3.05) is 0 Å². The molecule has 3 aromatic rings. The summed E-state index contributed by atoms with van der Waals surface area (Å²) in [6, 6.07) is 7.72. The smallest absolute Gasteiger partial charge is 0.270 e. The molecule has 28 heavy (non-hydrogen) atoms. The molecule has 0 radical (unpaired) electrons. The lowest BCUT2D eigenvalue weighted by molar-refractivity contribution is 0.0814. The van der Waals surface area contributed by atoms with Crippen LogP contribution in [0, 0.1) is 6.92 Å². The standard InChI is InChI=1S/C22H25N3O2S/c1-14-7-8-15(13-23-14)11-16-12-19(24-18-9-10-28-21(16)18)22(27)25-17-5-3-2-4-6-20(17)26/h7-10,12-13,17,20,26H,2-6,11H2,1H3,(H,25,27)/t17-,20-/m0/s1. The Balaban J connectivity index is 1.60. The van der Waals surface area contributed by atoms with Crippen LogP contribution in [0.2, 0.25) is 0 Å². The Morgan fingerprint density at radius 2 is 2.11 bits per heavy atom. The minimum atomic E-state index is -0.477. The van der Waals surface area contributed by atoms with Gasteiger partial charge in [0.1, 0.15) is 5.69 Å². The van der Waals surface area contributed by atoms with Crippen molar-refractivity contribution in [1.82, 2.24) is 15.3 Å². The molecule has 0 bridgehead atoms. The molecule has 3 aromatic heterocycles. The van der Waals surface area contributed by atoms with E-state index in [1.807, 2.05) is 36.7 Å². The van der Waals surface area contributed by atoms with Crippen LogP contribution in [-0.2, 0) is 6.42 Å². The predicted octanol–water partition coefficient (Wildman–Crippen LogP) is 4.01. The maximum absolute atomic E-state index is 12.9. The molecule has 0 unspecified atom stereocenters. The first-order valence-electron chi connectivity index (χ1n) is 9.88. The van der Waals surface area contributed by atoms with Crippen LogP contribution in [-0.4, -0.2) is 33.1 Å². The Labute approximate surface area is 168 Å². The van der Waals surface area contributed by atoms with Gasteiger partial charge >= 0.3 is 0 Å². The van der Waals surface area contributed by atoms with Crippen LogP contribution in [0.5, 0.6) is 0 Å². The van der Waals surface area contributed by atoms with E-state index in [0.717, 1.165) is 59.1 Å². The summed E-state index contributed by atoms with van der Waals surface area (Å²) in [6.45, 7) is 1.97. The molecule has 3 heterocycles. The number of aliphatic hydroxyl groups excluding tert-OH is 1. The van der Waals surface area contributed by atoms with Gasteiger partial charge in [-0.25, -0.2) is 4.98 Å². The number of fused-ring (bicyclic) bond motifs is 1. The number of thiophene rings is 1. The third kappa shape index (κ3) is 4.23. The highest BCUT2D eigenvalue weighted by atomic mass is 32.1. The van der Waals surface area contributed by atoms with Gasteiger partial charge in [0.2, 0.25) is 0 Å². The van der Waals surface area contributed by atoms with Crippen molar-refractivity contribution in [1.29, 1.82) is 0 Å². The van der Waals surface area contributed by atoms with Gasteiger partial charge in [-0.15, -0.1) is 11.3 Å². The van der Waals surface area contributed by atoms with Crippen LogP contribution >= 0.6 is 11.3 Å². The number of amides is 1. The topological polar surface area (TPSA) is 75.1 Å². The SMILES string of the molecule is Cc1ccc(Cc2cc(C(=O)N[C@H]3CCCCC[C@@H]3O)nc3ccsc23)cn1. The average molecular weight is 396 g/mol. The summed E-state index contributed by atoms with van der Waals surface area (Å²) in [5.74, 6) is -0.206. The Kier molecular flexibility index (Phi) is 5.69. The van der Waals surface area contributed by atoms with E-state index < -0.39 is 6.10 Å². The largest absolute Gasteiger partial charge is 0.391 e. The fraction of sp³-hybridized carbons (Fsp3) is 0.409. The zero-order chi connectivity index (χ0) is 19.5. The summed E-state index contributed by atoms with van der Waals surface area (Å²) in [7, 11) is 0. The van der Waals surface area contributed by atoms with Gasteiger partial charge in [0, 0.05) is 18.3 Å². The van der Waals surface area contributed by atoms with Crippen molar-refractivity contribution in [3.05, 3.63) is 58.4 Å². The maximum atomic E-state index is 12.9. The van der Waals surface area contributed by atoms with Crippen LogP contribution < -0.4 is 5.32 Å². The number of pyridine rings is 2. The average Bonchev–Trinajstić information content (AvgIpc) is 3.08. The highest BCUT2D eigenvalue weighted by Gasteiger charge is 2.24. The number of hydrogen-bond acceptors (Lipinski definition) is 5. The zero-order valence-corrected chi connectivity index (χ0v) is 16.8. The Bertz CT molecular complexity index is 968. The first kappa shape index (κ1) is 19.0. The number of carbonyl (C=O) groups excluding carboxylic acids is 1. The van der Waals surface area contributed by atoms with E-state index in [2.05, 4.69) is 21.4 Å². The molecule has 1 amide bonds. The van der Waals surface area contributed by atoms with E-state index >= 15 is 0 Å². The van der Waals surface area contributed by atoms with Crippen molar-refractivity contribution >= 4 is 27.5 Å². The van der Waals surface area contributed by atoms with E-state index in [1.54, 1.807) is 11.3 Å². The lowest BCUT2D eigenvalue weighted by Gasteiger charge is -2.21. The van der Waals surface area contributed by atoms with Crippen LogP contribution in [0.1, 0.15) is 59.4 Å². The Hall–Kier alpha value is -2.31. The second kappa shape index (κ2) is 8.37. The van der Waals surface area contributed by atoms with E-state index in [4.69, 9.17) is 0 Å². The fourth-order valence-corrected chi connectivity index (χ4v) is 4.64. The summed E-state index contributed by atoms with van der Waals surface area (Å²) >= 11 is 1.64. The summed E-state index contributed by atoms with van der Waals surface area (Å²) in [5.41, 5.74) is 4.43. The molecule has 1 aliphatic rings. The van der Waals surface area contributed by atoms with Crippen LogP contribution in [0.3, 0.4) is 0 Å². The van der Waals surface area contributed by atoms with Gasteiger partial charge in [0.05, 0.1) is 22.4 Å². The van der Waals surface area contributed by atoms with E-state index in [1.165, 1.54) is 0 Å². The van der Waals surface area contributed by atoms with Gasteiger partial charge in [-0.3, -0.25) is 9.78 Å². The lowest BCUT2D eigenvalue weighted by atomic mass is 10.0. The molecular formula is C22H25N3O2S. The molecule has 5 nitrogen and oxygen atoms in total. The van der Waals surface area contributed by atoms with Gasteiger partial charge in [-0.05, 0) is 54.5 Å². The van der Waals surface area contributed by atoms with Gasteiger partial charge in [-0.1, -0.05) is 25.3 Å². The van der Waals surface area contributed by atoms with Crippen molar-refractivity contribution in [3.63, 3.8) is 0 Å². The second-order valence-electron chi connectivity index (χ2n) is 7.57. The number of nitrogens with zero attached hydrogens (tertiary/aromatic N) is 2. The monoisotopic (exact) mass is 395 g/mol. The predicted molar refractivity (Wildman–Crippen MR) is 112 cm³/mol. The first-order valence-corrected chi connectivity index (χ1v) is 10.8. The number of aromatic nitrogens is 2. The quantitative estimate of drug-likeness (QED) is 0.655. The van der Waals surface area contributed by atoms with Crippen LogP contribution in [0.4, 0.5) is 0 Å². The molecule has 1 saturated carbocycles. The van der Waals surface area contributed by atoms with E-state index in [0.29, 0.717) is 12.1 Å². The molecule has 0 saturated heterocycles. The number of carbonyl (C=O) groups is 1. The lowest BCUT2D eigenvalue weighted by Crippen LogP contribution is -2.43. The highest BCUT2D eigenvalue weighted by Crippen LogP contribution is 2.27. The number of hydrogen-bond donors (Lipinski definition) is 2. The highest BCUT2D eigenvalue weighted by molar-refractivity contribution is 7.17. The third-order valence-corrected chi connectivity index (χ3v) is 6.36. The first-order chi connectivity index (χ1) is 13.6. The van der Waals surface area contributed by atoms with Crippen molar-refractivity contribution in [2.45, 2.75) is 57.6 Å². The molecule has 4 rings (SSSR count). The molecule has 1 aliphatic carbocycles. The minimum absolute atomic E-state index is 0.195. The molecule has 1 fully saturated rings. The number of rotatable bonds is 4. The van der Waals surface area contributed by atoms with Crippen LogP contribution in [0.25, 0.3) is 10.2 Å². The van der Waals surface area contributed by atoms with Gasteiger partial charge in [0.15, 0.2) is 0 Å². The molecular weight excluding hydrogens is 370 g/mol. The van der Waals surface area contributed by atoms with Gasteiger partial charge in [0.25, 0.3) is 5.91 Å². The summed E-state index contributed by atoms with van der Waals surface area (Å²) in [5, 5.41) is 15.3. The molecule has 0 aliphatic heterocycles. The Morgan fingerprint density at radius 1 is 1.25 bits per heavy atom. The van der Waals surface area contributed by atoms with Crippen molar-refractivity contribution in [2.24, 2.45) is 0 Å². The van der Waals surface area contributed by atoms with Crippen LogP contribution in [0.15, 0.2) is 35.8 Å². The summed E-state index contributed by atoms with van der Waals surface area (Å²) in [4.78, 5) is 21.8. The molecule has 2 N–H and O–H groups in total. The Morgan fingerprint density at radius 3 is 2.93 bits per heavy atom. The third-order valence-electron chi connectivity index (χ3n) is 5.38. The minimum Gasteiger partial charge on any atom is -0.391 e. The number of aryl methyl sites for hydroxylation is 1. The fourth-order valence-electron chi connectivity index (χ4n) is 3.79. The molecule has 2 atom stereocenters. The van der Waals surface area contributed by atoms with Gasteiger partial charge < -0.3 is 10.4 Å².